The smallest absolute Gasteiger partial charge is 0.336 e. The van der Waals surface area contributed by atoms with Crippen LogP contribution in [0.1, 0.15) is 33.6 Å². The fraction of sp³-hybridized carbons (Fsp3) is 0.600. The Labute approximate surface area is 84.0 Å². The number of ether oxygens (including phenoxy) is 1. The summed E-state index contributed by atoms with van der Waals surface area (Å²) in [7, 11) is 0. The van der Waals surface area contributed by atoms with E-state index in [-0.39, 0.29) is 5.97 Å². The van der Waals surface area contributed by atoms with Gasteiger partial charge in [0.25, 0.3) is 0 Å². The molecule has 0 saturated carbocycles. The fourth-order valence-corrected chi connectivity index (χ4v) is 1.34. The van der Waals surface area contributed by atoms with E-state index >= 15 is 0 Å². The Morgan fingerprint density at radius 2 is 2.29 bits per heavy atom. The average molecular weight is 196 g/mol. The Morgan fingerprint density at radius 1 is 1.57 bits per heavy atom. The highest BCUT2D eigenvalue weighted by Gasteiger charge is 2.19. The zero-order valence-electron chi connectivity index (χ0n) is 8.89. The second kappa shape index (κ2) is 4.79. The quantitative estimate of drug-likeness (QED) is 0.697. The van der Waals surface area contributed by atoms with Crippen molar-refractivity contribution in [1.82, 2.24) is 5.43 Å². The van der Waals surface area contributed by atoms with Gasteiger partial charge in [0.15, 0.2) is 0 Å². The topological polar surface area (TPSA) is 50.7 Å². The molecular formula is C10H16N2O2. The highest BCUT2D eigenvalue weighted by molar-refractivity contribution is 5.98. The molecule has 4 nitrogen and oxygen atoms in total. The van der Waals surface area contributed by atoms with E-state index < -0.39 is 0 Å². The molecule has 14 heavy (non-hydrogen) atoms. The zero-order chi connectivity index (χ0) is 10.6. The van der Waals surface area contributed by atoms with Crippen molar-refractivity contribution < 1.29 is 9.53 Å². The van der Waals surface area contributed by atoms with Crippen molar-refractivity contribution >= 4 is 11.7 Å². The van der Waals surface area contributed by atoms with Gasteiger partial charge in [-0.3, -0.25) is 5.43 Å². The summed E-state index contributed by atoms with van der Waals surface area (Å²) in [6.45, 7) is 6.09. The molecule has 78 valence electrons. The van der Waals surface area contributed by atoms with Gasteiger partial charge in [-0.05, 0) is 20.3 Å². The number of nitrogens with zero attached hydrogens (tertiary/aromatic N) is 1. The molecule has 0 aromatic rings. The van der Waals surface area contributed by atoms with Crippen molar-refractivity contribution in [1.29, 1.82) is 0 Å². The molecule has 0 saturated heterocycles. The van der Waals surface area contributed by atoms with Crippen molar-refractivity contribution in [2.45, 2.75) is 33.6 Å². The van der Waals surface area contributed by atoms with Crippen LogP contribution in [0.4, 0.5) is 0 Å². The predicted molar refractivity (Wildman–Crippen MR) is 54.8 cm³/mol. The molecule has 1 heterocycles. The van der Waals surface area contributed by atoms with Gasteiger partial charge in [-0.1, -0.05) is 6.92 Å². The van der Waals surface area contributed by atoms with Crippen LogP contribution >= 0.6 is 0 Å². The van der Waals surface area contributed by atoms with Crippen LogP contribution in [0.15, 0.2) is 16.4 Å². The second-order valence-electron chi connectivity index (χ2n) is 3.17. The summed E-state index contributed by atoms with van der Waals surface area (Å²) in [6.07, 6.45) is 1.36. The van der Waals surface area contributed by atoms with Gasteiger partial charge in [0, 0.05) is 17.8 Å². The van der Waals surface area contributed by atoms with Crippen molar-refractivity contribution in [3.63, 3.8) is 0 Å². The Hall–Kier alpha value is -1.32. The van der Waals surface area contributed by atoms with Crippen molar-refractivity contribution in [2.24, 2.45) is 5.10 Å². The minimum atomic E-state index is -0.230. The molecule has 0 unspecified atom stereocenters. The van der Waals surface area contributed by atoms with Crippen LogP contribution in [0, 0.1) is 0 Å². The third-order valence-corrected chi connectivity index (χ3v) is 2.05. The molecule has 0 aliphatic carbocycles. The van der Waals surface area contributed by atoms with E-state index in [1.807, 2.05) is 13.8 Å². The maximum absolute atomic E-state index is 11.5. The Kier molecular flexibility index (Phi) is 3.68. The first kappa shape index (κ1) is 10.8. The van der Waals surface area contributed by atoms with E-state index in [2.05, 4.69) is 10.5 Å². The third kappa shape index (κ3) is 2.34. The number of hydrogen-bond donors (Lipinski definition) is 1. The molecule has 0 aromatic heterocycles. The molecule has 1 aliphatic heterocycles. The van der Waals surface area contributed by atoms with E-state index in [0.29, 0.717) is 18.6 Å². The van der Waals surface area contributed by atoms with Gasteiger partial charge >= 0.3 is 5.97 Å². The maximum Gasteiger partial charge on any atom is 0.336 e. The number of esters is 1. The fourth-order valence-electron chi connectivity index (χ4n) is 1.34. The highest BCUT2D eigenvalue weighted by atomic mass is 16.5. The highest BCUT2D eigenvalue weighted by Crippen LogP contribution is 2.16. The van der Waals surface area contributed by atoms with Crippen LogP contribution in [0.5, 0.6) is 0 Å². The lowest BCUT2D eigenvalue weighted by Gasteiger charge is -2.17. The van der Waals surface area contributed by atoms with E-state index in [0.717, 1.165) is 17.8 Å². The summed E-state index contributed by atoms with van der Waals surface area (Å²) in [4.78, 5) is 11.5. The number of rotatable bonds is 3. The number of hydrazone groups is 1. The molecule has 1 rings (SSSR count). The summed E-state index contributed by atoms with van der Waals surface area (Å²) in [5.41, 5.74) is 5.36. The van der Waals surface area contributed by atoms with E-state index in [9.17, 15) is 4.79 Å². The van der Waals surface area contributed by atoms with Gasteiger partial charge in [-0.2, -0.15) is 5.10 Å². The van der Waals surface area contributed by atoms with E-state index in [4.69, 9.17) is 4.74 Å². The van der Waals surface area contributed by atoms with E-state index in [1.165, 1.54) is 0 Å². The molecule has 4 heteroatoms. The number of hydrogen-bond acceptors (Lipinski definition) is 4. The van der Waals surface area contributed by atoms with Crippen LogP contribution in [-0.4, -0.2) is 18.3 Å². The molecule has 0 aromatic carbocycles. The molecule has 0 atom stereocenters. The molecule has 1 aliphatic rings. The minimum absolute atomic E-state index is 0.230. The number of carbonyl (C=O) groups is 1. The molecular weight excluding hydrogens is 180 g/mol. The predicted octanol–water partition coefficient (Wildman–Crippen LogP) is 1.58. The zero-order valence-corrected chi connectivity index (χ0v) is 8.89. The van der Waals surface area contributed by atoms with Crippen LogP contribution < -0.4 is 5.43 Å². The molecule has 0 radical (unpaired) electrons. The van der Waals surface area contributed by atoms with Crippen LogP contribution in [0.25, 0.3) is 0 Å². The Bertz CT molecular complexity index is 292. The SMILES string of the molecule is CCOC(=O)C1=C(CC)NN=C(C)C1. The first-order valence-corrected chi connectivity index (χ1v) is 4.87. The molecule has 0 bridgehead atoms. The van der Waals surface area contributed by atoms with Crippen molar-refractivity contribution in [2.75, 3.05) is 6.61 Å². The maximum atomic E-state index is 11.5. The first-order valence-electron chi connectivity index (χ1n) is 4.87. The molecule has 1 N–H and O–H groups in total. The monoisotopic (exact) mass is 196 g/mol. The summed E-state index contributed by atoms with van der Waals surface area (Å²) < 4.78 is 4.97. The molecule has 0 spiro atoms. The summed E-state index contributed by atoms with van der Waals surface area (Å²) in [5, 5.41) is 4.08. The largest absolute Gasteiger partial charge is 0.463 e. The van der Waals surface area contributed by atoms with Gasteiger partial charge in [-0.25, -0.2) is 4.79 Å². The second-order valence-corrected chi connectivity index (χ2v) is 3.17. The number of carbonyl (C=O) groups excluding carboxylic acids is 1. The van der Waals surface area contributed by atoms with Crippen molar-refractivity contribution in [3.8, 4) is 0 Å². The minimum Gasteiger partial charge on any atom is -0.463 e. The lowest BCUT2D eigenvalue weighted by Crippen LogP contribution is -2.23. The summed E-state index contributed by atoms with van der Waals surface area (Å²) >= 11 is 0. The van der Waals surface area contributed by atoms with Gasteiger partial charge in [-0.15, -0.1) is 0 Å². The van der Waals surface area contributed by atoms with Crippen LogP contribution in [0.2, 0.25) is 0 Å². The van der Waals surface area contributed by atoms with Gasteiger partial charge < -0.3 is 4.74 Å². The summed E-state index contributed by atoms with van der Waals surface area (Å²) in [5.74, 6) is -0.230. The number of nitrogens with one attached hydrogen (secondary N) is 1. The van der Waals surface area contributed by atoms with Crippen LogP contribution in [0.3, 0.4) is 0 Å². The Balaban J connectivity index is 2.80. The lowest BCUT2D eigenvalue weighted by molar-refractivity contribution is -0.138. The van der Waals surface area contributed by atoms with Gasteiger partial charge in [0.1, 0.15) is 0 Å². The van der Waals surface area contributed by atoms with Crippen molar-refractivity contribution in [3.05, 3.63) is 11.3 Å². The third-order valence-electron chi connectivity index (χ3n) is 2.05. The van der Waals surface area contributed by atoms with Gasteiger partial charge in [0.2, 0.25) is 0 Å². The molecule has 0 fully saturated rings. The lowest BCUT2D eigenvalue weighted by atomic mass is 10.0. The average Bonchev–Trinajstić information content (AvgIpc) is 2.18. The number of allylic oxidation sites excluding steroid dienone is 1. The Morgan fingerprint density at radius 3 is 2.86 bits per heavy atom. The normalized spacial score (nSPS) is 16.1. The standard InChI is InChI=1S/C10H16N2O2/c1-4-9-8(10(13)14-5-2)6-7(3)11-12-9/h12H,4-6H2,1-3H3. The summed E-state index contributed by atoms with van der Waals surface area (Å²) in [6, 6.07) is 0. The van der Waals surface area contributed by atoms with E-state index in [1.54, 1.807) is 6.92 Å². The first-order chi connectivity index (χ1) is 6.69. The molecule has 0 amide bonds. The van der Waals surface area contributed by atoms with Gasteiger partial charge in [0.05, 0.1) is 12.2 Å². The van der Waals surface area contributed by atoms with Crippen LogP contribution in [-0.2, 0) is 9.53 Å².